The molecule has 0 rings (SSSR count). The van der Waals surface area contributed by atoms with Gasteiger partial charge in [0.15, 0.2) is 0 Å². The van der Waals surface area contributed by atoms with Gasteiger partial charge in [-0.1, -0.05) is 13.0 Å². The number of ether oxygens (including phenoxy) is 1. The summed E-state index contributed by atoms with van der Waals surface area (Å²) in [5.41, 5.74) is 0.552. The Hall–Kier alpha value is -0.500. The molecular weight excluding hydrogens is 164 g/mol. The molecule has 11 heavy (non-hydrogen) atoms. The average Bonchev–Trinajstić information content (AvgIpc) is 2.00. The molecule has 0 aromatic rings. The summed E-state index contributed by atoms with van der Waals surface area (Å²) in [5, 5.41) is 0. The van der Waals surface area contributed by atoms with Gasteiger partial charge in [0, 0.05) is 5.57 Å². The number of hydrogen-bond donors (Lipinski definition) is 0. The van der Waals surface area contributed by atoms with Crippen LogP contribution in [0.5, 0.6) is 0 Å². The number of carbonyl (C=O) groups excluding carboxylic acids is 1. The Balaban J connectivity index is 4.03. The molecule has 0 N–H and O–H groups in total. The minimum Gasteiger partial charge on any atom is -0.463 e. The third-order valence-corrected chi connectivity index (χ3v) is 1.42. The van der Waals surface area contributed by atoms with E-state index in [1.54, 1.807) is 13.0 Å². The van der Waals surface area contributed by atoms with E-state index < -0.39 is 0 Å². The van der Waals surface area contributed by atoms with Crippen molar-refractivity contribution in [3.05, 3.63) is 11.6 Å². The maximum atomic E-state index is 11.0. The molecule has 3 heteroatoms. The molecule has 2 nitrogen and oxygen atoms in total. The van der Waals surface area contributed by atoms with E-state index in [1.807, 2.05) is 6.92 Å². The van der Waals surface area contributed by atoms with Crippen LogP contribution in [0.15, 0.2) is 11.6 Å². The largest absolute Gasteiger partial charge is 0.463 e. The second-order valence-electron chi connectivity index (χ2n) is 1.99. The van der Waals surface area contributed by atoms with E-state index in [9.17, 15) is 4.79 Å². The molecule has 64 valence electrons. The van der Waals surface area contributed by atoms with Gasteiger partial charge in [-0.3, -0.25) is 0 Å². The fraction of sp³-hybridized carbons (Fsp3) is 0.625. The maximum absolute atomic E-state index is 11.0. The van der Waals surface area contributed by atoms with Crippen LogP contribution in [0.2, 0.25) is 0 Å². The molecule has 0 fully saturated rings. The lowest BCUT2D eigenvalue weighted by Crippen LogP contribution is -2.08. The second-order valence-corrected chi connectivity index (χ2v) is 2.26. The second kappa shape index (κ2) is 6.23. The van der Waals surface area contributed by atoms with Crippen molar-refractivity contribution < 1.29 is 9.53 Å². The van der Waals surface area contributed by atoms with Crippen LogP contribution < -0.4 is 0 Å². The van der Waals surface area contributed by atoms with Gasteiger partial charge in [0.2, 0.25) is 0 Å². The first-order valence-electron chi connectivity index (χ1n) is 3.68. The van der Waals surface area contributed by atoms with E-state index >= 15 is 0 Å². The summed E-state index contributed by atoms with van der Waals surface area (Å²) >= 11 is 5.51. The molecule has 0 bridgehead atoms. The van der Waals surface area contributed by atoms with Crippen molar-refractivity contribution in [3.8, 4) is 0 Å². The third-order valence-electron chi connectivity index (χ3n) is 1.13. The molecule has 0 unspecified atom stereocenters. The molecule has 0 aliphatic carbocycles. The van der Waals surface area contributed by atoms with Crippen LogP contribution in [-0.2, 0) is 9.53 Å². The Bertz CT molecular complexity index is 152. The molecule has 0 spiro atoms. The first-order chi connectivity index (χ1) is 5.26. The standard InChI is InChI=1S/C8H13ClO2/c1-3-5-7(6-9)8(10)11-4-2/h5H,3-4,6H2,1-2H3/b7-5+. The molecule has 0 aliphatic heterocycles. The number of alkyl halides is 1. The van der Waals surface area contributed by atoms with E-state index in [2.05, 4.69) is 0 Å². The smallest absolute Gasteiger partial charge is 0.334 e. The highest BCUT2D eigenvalue weighted by molar-refractivity contribution is 6.22. The SMILES string of the molecule is CC/C=C(\CCl)C(=O)OCC. The first kappa shape index (κ1) is 10.5. The summed E-state index contributed by atoms with van der Waals surface area (Å²) in [6.07, 6.45) is 2.59. The van der Waals surface area contributed by atoms with Crippen LogP contribution in [-0.4, -0.2) is 18.5 Å². The van der Waals surface area contributed by atoms with Gasteiger partial charge in [0.05, 0.1) is 12.5 Å². The minimum atomic E-state index is -0.302. The van der Waals surface area contributed by atoms with Gasteiger partial charge in [0.1, 0.15) is 0 Å². The molecule has 0 aromatic heterocycles. The van der Waals surface area contributed by atoms with Crippen LogP contribution in [0.25, 0.3) is 0 Å². The van der Waals surface area contributed by atoms with Gasteiger partial charge >= 0.3 is 5.97 Å². The zero-order chi connectivity index (χ0) is 8.69. The molecule has 0 saturated carbocycles. The first-order valence-corrected chi connectivity index (χ1v) is 4.21. The van der Waals surface area contributed by atoms with Crippen molar-refractivity contribution in [2.75, 3.05) is 12.5 Å². The van der Waals surface area contributed by atoms with Crippen LogP contribution in [0, 0.1) is 0 Å². The van der Waals surface area contributed by atoms with Crippen molar-refractivity contribution in [3.63, 3.8) is 0 Å². The van der Waals surface area contributed by atoms with Gasteiger partial charge in [-0.15, -0.1) is 11.6 Å². The summed E-state index contributed by atoms with van der Waals surface area (Å²) in [6.45, 7) is 4.12. The van der Waals surface area contributed by atoms with Crippen molar-refractivity contribution >= 4 is 17.6 Å². The lowest BCUT2D eigenvalue weighted by atomic mass is 10.2. The zero-order valence-electron chi connectivity index (χ0n) is 6.89. The molecule has 0 aliphatic rings. The number of halogens is 1. The highest BCUT2D eigenvalue weighted by Gasteiger charge is 2.06. The molecule has 0 radical (unpaired) electrons. The number of rotatable bonds is 4. The molecule has 0 atom stereocenters. The maximum Gasteiger partial charge on any atom is 0.334 e. The Morgan fingerprint density at radius 2 is 2.18 bits per heavy atom. The fourth-order valence-electron chi connectivity index (χ4n) is 0.663. The quantitative estimate of drug-likeness (QED) is 0.373. The minimum absolute atomic E-state index is 0.229. The summed E-state index contributed by atoms with van der Waals surface area (Å²) in [6, 6.07) is 0. The highest BCUT2D eigenvalue weighted by atomic mass is 35.5. The summed E-state index contributed by atoms with van der Waals surface area (Å²) < 4.78 is 4.76. The number of allylic oxidation sites excluding steroid dienone is 1. The number of hydrogen-bond acceptors (Lipinski definition) is 2. The van der Waals surface area contributed by atoms with Crippen molar-refractivity contribution in [2.45, 2.75) is 20.3 Å². The third kappa shape index (κ3) is 4.04. The van der Waals surface area contributed by atoms with Crippen molar-refractivity contribution in [2.24, 2.45) is 0 Å². The lowest BCUT2D eigenvalue weighted by Gasteiger charge is -2.01. The van der Waals surface area contributed by atoms with Gasteiger partial charge in [-0.05, 0) is 13.3 Å². The Kier molecular flexibility index (Phi) is 5.94. The van der Waals surface area contributed by atoms with Gasteiger partial charge in [-0.25, -0.2) is 4.79 Å². The van der Waals surface area contributed by atoms with Crippen molar-refractivity contribution in [1.82, 2.24) is 0 Å². The molecule has 0 heterocycles. The van der Waals surface area contributed by atoms with Crippen LogP contribution >= 0.6 is 11.6 Å². The van der Waals surface area contributed by atoms with E-state index in [-0.39, 0.29) is 11.8 Å². The summed E-state index contributed by atoms with van der Waals surface area (Å²) in [5.74, 6) is -0.0727. The molecule has 0 saturated heterocycles. The number of esters is 1. The Morgan fingerprint density at radius 3 is 2.55 bits per heavy atom. The molecule has 0 aromatic carbocycles. The predicted molar refractivity (Wildman–Crippen MR) is 45.7 cm³/mol. The van der Waals surface area contributed by atoms with E-state index in [1.165, 1.54) is 0 Å². The van der Waals surface area contributed by atoms with Crippen molar-refractivity contribution in [1.29, 1.82) is 0 Å². The predicted octanol–water partition coefficient (Wildman–Crippen LogP) is 2.12. The van der Waals surface area contributed by atoms with E-state index in [0.717, 1.165) is 6.42 Å². The van der Waals surface area contributed by atoms with Crippen LogP contribution in [0.4, 0.5) is 0 Å². The van der Waals surface area contributed by atoms with Gasteiger partial charge in [-0.2, -0.15) is 0 Å². The lowest BCUT2D eigenvalue weighted by molar-refractivity contribution is -0.138. The molecule has 0 amide bonds. The van der Waals surface area contributed by atoms with E-state index in [4.69, 9.17) is 16.3 Å². The topological polar surface area (TPSA) is 26.3 Å². The molecular formula is C8H13ClO2. The highest BCUT2D eigenvalue weighted by Crippen LogP contribution is 2.02. The summed E-state index contributed by atoms with van der Waals surface area (Å²) in [4.78, 5) is 11.0. The summed E-state index contributed by atoms with van der Waals surface area (Å²) in [7, 11) is 0. The normalized spacial score (nSPS) is 11.4. The monoisotopic (exact) mass is 176 g/mol. The average molecular weight is 177 g/mol. The Morgan fingerprint density at radius 1 is 1.55 bits per heavy atom. The Labute approximate surface area is 72.2 Å². The van der Waals surface area contributed by atoms with Crippen LogP contribution in [0.1, 0.15) is 20.3 Å². The van der Waals surface area contributed by atoms with E-state index in [0.29, 0.717) is 12.2 Å². The zero-order valence-corrected chi connectivity index (χ0v) is 7.65. The number of carbonyl (C=O) groups is 1. The van der Waals surface area contributed by atoms with Crippen LogP contribution in [0.3, 0.4) is 0 Å². The fourth-order valence-corrected chi connectivity index (χ4v) is 0.881. The van der Waals surface area contributed by atoms with Gasteiger partial charge < -0.3 is 4.74 Å². The van der Waals surface area contributed by atoms with Gasteiger partial charge in [0.25, 0.3) is 0 Å².